The zero-order valence-electron chi connectivity index (χ0n) is 9.13. The first-order valence-electron chi connectivity index (χ1n) is 5.12. The van der Waals surface area contributed by atoms with E-state index in [1.54, 1.807) is 24.3 Å². The molecule has 0 aromatic heterocycles. The fraction of sp³-hybridized carbons (Fsp3) is 0.167. The van der Waals surface area contributed by atoms with Crippen molar-refractivity contribution in [3.8, 4) is 5.75 Å². The zero-order chi connectivity index (χ0) is 12.4. The molecule has 1 aliphatic rings. The van der Waals surface area contributed by atoms with Crippen LogP contribution in [0.5, 0.6) is 5.75 Å². The van der Waals surface area contributed by atoms with E-state index in [1.165, 1.54) is 11.0 Å². The highest BCUT2D eigenvalue weighted by molar-refractivity contribution is 6.03. The summed E-state index contributed by atoms with van der Waals surface area (Å²) in [4.78, 5) is 24.3. The molecule has 1 aromatic carbocycles. The fourth-order valence-corrected chi connectivity index (χ4v) is 1.70. The van der Waals surface area contributed by atoms with Crippen molar-refractivity contribution in [3.63, 3.8) is 0 Å². The van der Waals surface area contributed by atoms with Crippen LogP contribution in [0, 0.1) is 0 Å². The third kappa shape index (κ3) is 1.99. The van der Waals surface area contributed by atoms with Crippen molar-refractivity contribution in [1.82, 2.24) is 0 Å². The first-order valence-corrected chi connectivity index (χ1v) is 5.12. The van der Waals surface area contributed by atoms with E-state index in [0.717, 1.165) is 0 Å². The number of rotatable bonds is 2. The van der Waals surface area contributed by atoms with Crippen molar-refractivity contribution in [2.45, 2.75) is 6.10 Å². The summed E-state index contributed by atoms with van der Waals surface area (Å²) in [7, 11) is 0. The minimum absolute atomic E-state index is 0.108. The predicted octanol–water partition coefficient (Wildman–Crippen LogP) is 0.452. The van der Waals surface area contributed by atoms with Gasteiger partial charge < -0.3 is 15.4 Å². The highest BCUT2D eigenvalue weighted by atomic mass is 16.5. The van der Waals surface area contributed by atoms with Crippen LogP contribution in [0.3, 0.4) is 0 Å². The first-order chi connectivity index (χ1) is 8.13. The Labute approximate surface area is 98.5 Å². The number of para-hydroxylation sites is 2. The molecule has 0 bridgehead atoms. The standard InChI is InChI=1S/C12H12N2O3/c1-2-11(15)14-7-10(12(13)16)17-9-6-4-3-5-8(9)14/h2-6,10H,1,7H2,(H2,13,16)/t10-/m0/s1. The maximum atomic E-state index is 11.7. The Morgan fingerprint density at radius 3 is 2.82 bits per heavy atom. The van der Waals surface area contributed by atoms with Gasteiger partial charge in [0.05, 0.1) is 12.2 Å². The average molecular weight is 232 g/mol. The monoisotopic (exact) mass is 232 g/mol. The summed E-state index contributed by atoms with van der Waals surface area (Å²) in [6, 6.07) is 6.98. The molecule has 0 saturated heterocycles. The molecule has 0 unspecified atom stereocenters. The van der Waals surface area contributed by atoms with Gasteiger partial charge in [0.2, 0.25) is 0 Å². The summed E-state index contributed by atoms with van der Waals surface area (Å²) in [6.45, 7) is 3.54. The fourth-order valence-electron chi connectivity index (χ4n) is 1.70. The van der Waals surface area contributed by atoms with Gasteiger partial charge in [0.15, 0.2) is 6.10 Å². The zero-order valence-corrected chi connectivity index (χ0v) is 9.13. The molecule has 1 atom stereocenters. The molecule has 2 N–H and O–H groups in total. The first kappa shape index (κ1) is 11.2. The quantitative estimate of drug-likeness (QED) is 0.752. The molecule has 0 saturated carbocycles. The van der Waals surface area contributed by atoms with Gasteiger partial charge in [0, 0.05) is 0 Å². The van der Waals surface area contributed by atoms with E-state index in [2.05, 4.69) is 6.58 Å². The molecule has 0 fully saturated rings. The second-order valence-electron chi connectivity index (χ2n) is 3.63. The van der Waals surface area contributed by atoms with Gasteiger partial charge in [-0.15, -0.1) is 0 Å². The number of fused-ring (bicyclic) bond motifs is 1. The van der Waals surface area contributed by atoms with E-state index >= 15 is 0 Å². The number of nitrogens with zero attached hydrogens (tertiary/aromatic N) is 1. The molecule has 5 heteroatoms. The summed E-state index contributed by atoms with van der Waals surface area (Å²) in [5.74, 6) is -0.411. The van der Waals surface area contributed by atoms with E-state index in [9.17, 15) is 9.59 Å². The van der Waals surface area contributed by atoms with Crippen molar-refractivity contribution in [3.05, 3.63) is 36.9 Å². The van der Waals surface area contributed by atoms with Crippen molar-refractivity contribution in [1.29, 1.82) is 0 Å². The number of nitrogens with two attached hydrogens (primary N) is 1. The van der Waals surface area contributed by atoms with Gasteiger partial charge in [0.1, 0.15) is 5.75 Å². The minimum Gasteiger partial charge on any atom is -0.477 e. The van der Waals surface area contributed by atoms with E-state index < -0.39 is 12.0 Å². The second kappa shape index (κ2) is 4.29. The molecular weight excluding hydrogens is 220 g/mol. The largest absolute Gasteiger partial charge is 0.477 e. The topological polar surface area (TPSA) is 72.6 Å². The second-order valence-corrected chi connectivity index (χ2v) is 3.63. The molecule has 2 amide bonds. The number of carbonyl (C=O) groups excluding carboxylic acids is 2. The average Bonchev–Trinajstić information content (AvgIpc) is 2.36. The van der Waals surface area contributed by atoms with Crippen molar-refractivity contribution in [2.24, 2.45) is 5.73 Å². The number of carbonyl (C=O) groups is 2. The van der Waals surface area contributed by atoms with Crippen molar-refractivity contribution < 1.29 is 14.3 Å². The number of benzene rings is 1. The third-order valence-electron chi connectivity index (χ3n) is 2.53. The lowest BCUT2D eigenvalue weighted by molar-refractivity contribution is -0.125. The van der Waals surface area contributed by atoms with Gasteiger partial charge in [-0.3, -0.25) is 9.59 Å². The Hall–Kier alpha value is -2.30. The van der Waals surface area contributed by atoms with Crippen LogP contribution in [0.25, 0.3) is 0 Å². The van der Waals surface area contributed by atoms with Crippen molar-refractivity contribution in [2.75, 3.05) is 11.4 Å². The van der Waals surface area contributed by atoms with Gasteiger partial charge in [-0.25, -0.2) is 0 Å². The molecular formula is C12H12N2O3. The molecule has 0 aliphatic carbocycles. The van der Waals surface area contributed by atoms with Crippen LogP contribution in [0.1, 0.15) is 0 Å². The number of hydrogen-bond acceptors (Lipinski definition) is 3. The predicted molar refractivity (Wildman–Crippen MR) is 62.6 cm³/mol. The lowest BCUT2D eigenvalue weighted by atomic mass is 10.2. The molecule has 88 valence electrons. The molecule has 5 nitrogen and oxygen atoms in total. The minimum atomic E-state index is -0.825. The van der Waals surface area contributed by atoms with Crippen LogP contribution < -0.4 is 15.4 Å². The number of anilines is 1. The van der Waals surface area contributed by atoms with Gasteiger partial charge >= 0.3 is 0 Å². The Morgan fingerprint density at radius 2 is 2.18 bits per heavy atom. The Morgan fingerprint density at radius 1 is 1.47 bits per heavy atom. The van der Waals surface area contributed by atoms with E-state index in [1.807, 2.05) is 0 Å². The molecule has 0 radical (unpaired) electrons. The third-order valence-corrected chi connectivity index (χ3v) is 2.53. The van der Waals surface area contributed by atoms with Gasteiger partial charge in [-0.05, 0) is 18.2 Å². The van der Waals surface area contributed by atoms with Crippen LogP contribution >= 0.6 is 0 Å². The Bertz CT molecular complexity index is 484. The van der Waals surface area contributed by atoms with E-state index in [4.69, 9.17) is 10.5 Å². The molecule has 1 aromatic rings. The molecule has 0 spiro atoms. The van der Waals surface area contributed by atoms with E-state index in [-0.39, 0.29) is 12.5 Å². The van der Waals surface area contributed by atoms with E-state index in [0.29, 0.717) is 11.4 Å². The van der Waals surface area contributed by atoms with Gasteiger partial charge in [-0.1, -0.05) is 18.7 Å². The molecule has 2 rings (SSSR count). The summed E-state index contributed by atoms with van der Waals surface area (Å²) >= 11 is 0. The normalized spacial score (nSPS) is 17.9. The lowest BCUT2D eigenvalue weighted by Gasteiger charge is -2.32. The Kier molecular flexibility index (Phi) is 2.82. The van der Waals surface area contributed by atoms with Crippen LogP contribution in [0.15, 0.2) is 36.9 Å². The molecule has 1 heterocycles. The van der Waals surface area contributed by atoms with Crippen LogP contribution in [-0.2, 0) is 9.59 Å². The highest BCUT2D eigenvalue weighted by Crippen LogP contribution is 2.33. The lowest BCUT2D eigenvalue weighted by Crippen LogP contribution is -2.48. The van der Waals surface area contributed by atoms with Crippen LogP contribution in [0.4, 0.5) is 5.69 Å². The maximum absolute atomic E-state index is 11.7. The number of hydrogen-bond donors (Lipinski definition) is 1. The number of amides is 2. The summed E-state index contributed by atoms with van der Waals surface area (Å²) in [5, 5.41) is 0. The van der Waals surface area contributed by atoms with Crippen molar-refractivity contribution >= 4 is 17.5 Å². The van der Waals surface area contributed by atoms with Gasteiger partial charge in [0.25, 0.3) is 11.8 Å². The van der Waals surface area contributed by atoms with Crippen LogP contribution in [-0.4, -0.2) is 24.5 Å². The smallest absolute Gasteiger partial charge is 0.260 e. The number of primary amides is 1. The highest BCUT2D eigenvalue weighted by Gasteiger charge is 2.31. The Balaban J connectivity index is 2.42. The summed E-state index contributed by atoms with van der Waals surface area (Å²) in [6.07, 6.45) is 0.369. The summed E-state index contributed by atoms with van der Waals surface area (Å²) < 4.78 is 5.42. The molecule has 1 aliphatic heterocycles. The number of ether oxygens (including phenoxy) is 1. The SMILES string of the molecule is C=CC(=O)N1C[C@@H](C(N)=O)Oc2ccccc21. The summed E-state index contributed by atoms with van der Waals surface area (Å²) in [5.41, 5.74) is 5.82. The molecule has 17 heavy (non-hydrogen) atoms. The maximum Gasteiger partial charge on any atom is 0.260 e. The van der Waals surface area contributed by atoms with Crippen LogP contribution in [0.2, 0.25) is 0 Å². The van der Waals surface area contributed by atoms with Gasteiger partial charge in [-0.2, -0.15) is 0 Å².